The molecule has 0 fully saturated rings. The summed E-state index contributed by atoms with van der Waals surface area (Å²) in [4.78, 5) is 18.6. The molecule has 26 heavy (non-hydrogen) atoms. The molecule has 0 aliphatic carbocycles. The van der Waals surface area contributed by atoms with Gasteiger partial charge in [-0.2, -0.15) is 5.10 Å². The van der Waals surface area contributed by atoms with Gasteiger partial charge in [0.1, 0.15) is 10.8 Å². The van der Waals surface area contributed by atoms with Gasteiger partial charge in [-0.15, -0.1) is 11.3 Å². The van der Waals surface area contributed by atoms with Gasteiger partial charge in [0.15, 0.2) is 5.78 Å². The average molecular weight is 366 g/mol. The van der Waals surface area contributed by atoms with Crippen LogP contribution in [0.5, 0.6) is 0 Å². The summed E-state index contributed by atoms with van der Waals surface area (Å²) in [6.45, 7) is 6.38. The van der Waals surface area contributed by atoms with Crippen molar-refractivity contribution < 1.29 is 4.79 Å². The average Bonchev–Trinajstić information content (AvgIpc) is 3.22. The standard InChI is InChI=1S/C20H22N4OS/c1-13-11-21-19(26-13)16-10-20(2,3)24-18(23-16)15(12-22-24)17(25)9-14-7-5-4-6-8-14/h4-8,11-12,16,23H,9-10H2,1-3H3. The lowest BCUT2D eigenvalue weighted by atomic mass is 9.92. The zero-order valence-corrected chi connectivity index (χ0v) is 16.0. The second-order valence-corrected chi connectivity index (χ2v) is 8.69. The van der Waals surface area contributed by atoms with Gasteiger partial charge in [-0.3, -0.25) is 4.79 Å². The van der Waals surface area contributed by atoms with E-state index >= 15 is 0 Å². The van der Waals surface area contributed by atoms with Gasteiger partial charge in [0.05, 0.1) is 23.3 Å². The summed E-state index contributed by atoms with van der Waals surface area (Å²) in [5, 5.41) is 9.11. The molecule has 134 valence electrons. The second kappa shape index (κ2) is 6.36. The Kier molecular flexibility index (Phi) is 4.15. The Morgan fingerprint density at radius 3 is 2.77 bits per heavy atom. The minimum atomic E-state index is -0.184. The van der Waals surface area contributed by atoms with E-state index in [4.69, 9.17) is 0 Å². The highest BCUT2D eigenvalue weighted by Gasteiger charge is 2.37. The summed E-state index contributed by atoms with van der Waals surface area (Å²) >= 11 is 1.70. The molecule has 1 N–H and O–H groups in total. The SMILES string of the molecule is Cc1cnc(C2CC(C)(C)n3ncc(C(=O)Cc4ccccc4)c3N2)s1. The van der Waals surface area contributed by atoms with Gasteiger partial charge >= 0.3 is 0 Å². The molecule has 1 unspecified atom stereocenters. The van der Waals surface area contributed by atoms with E-state index in [1.165, 1.54) is 4.88 Å². The van der Waals surface area contributed by atoms with Crippen LogP contribution in [0.25, 0.3) is 0 Å². The van der Waals surface area contributed by atoms with Crippen LogP contribution in [0.2, 0.25) is 0 Å². The number of aromatic nitrogens is 3. The summed E-state index contributed by atoms with van der Waals surface area (Å²) in [7, 11) is 0. The first-order chi connectivity index (χ1) is 12.4. The van der Waals surface area contributed by atoms with Crippen molar-refractivity contribution in [2.75, 3.05) is 5.32 Å². The summed E-state index contributed by atoms with van der Waals surface area (Å²) in [6, 6.07) is 9.92. The third kappa shape index (κ3) is 3.05. The topological polar surface area (TPSA) is 59.8 Å². The number of hydrogen-bond donors (Lipinski definition) is 1. The van der Waals surface area contributed by atoms with Crippen LogP contribution in [0.3, 0.4) is 0 Å². The van der Waals surface area contributed by atoms with Crippen molar-refractivity contribution in [3.63, 3.8) is 0 Å². The fraction of sp³-hybridized carbons (Fsp3) is 0.350. The molecule has 1 aromatic carbocycles. The molecular formula is C20H22N4OS. The molecule has 0 bridgehead atoms. The summed E-state index contributed by atoms with van der Waals surface area (Å²) < 4.78 is 1.95. The van der Waals surface area contributed by atoms with Crippen molar-refractivity contribution in [1.82, 2.24) is 14.8 Å². The molecule has 1 atom stereocenters. The molecule has 3 aromatic rings. The molecule has 3 heterocycles. The number of carbonyl (C=O) groups excluding carboxylic acids is 1. The molecule has 1 aliphatic heterocycles. The summed E-state index contributed by atoms with van der Waals surface area (Å²) in [5.41, 5.74) is 1.48. The normalized spacial score (nSPS) is 18.2. The van der Waals surface area contributed by atoms with Crippen LogP contribution in [0.4, 0.5) is 5.82 Å². The minimum absolute atomic E-state index is 0.0803. The summed E-state index contributed by atoms with van der Waals surface area (Å²) in [6.07, 6.45) is 4.86. The molecule has 0 saturated carbocycles. The third-order valence-electron chi connectivity index (χ3n) is 4.80. The molecular weight excluding hydrogens is 344 g/mol. The number of hydrogen-bond acceptors (Lipinski definition) is 5. The van der Waals surface area contributed by atoms with E-state index in [1.807, 2.05) is 41.2 Å². The number of benzene rings is 1. The summed E-state index contributed by atoms with van der Waals surface area (Å²) in [5.74, 6) is 0.886. The van der Waals surface area contributed by atoms with Crippen LogP contribution in [0.15, 0.2) is 42.7 Å². The molecule has 4 rings (SSSR count). The van der Waals surface area contributed by atoms with E-state index in [0.29, 0.717) is 12.0 Å². The maximum atomic E-state index is 12.9. The number of ketones is 1. The number of anilines is 1. The number of nitrogens with one attached hydrogen (secondary N) is 1. The van der Waals surface area contributed by atoms with Crippen LogP contribution in [-0.2, 0) is 12.0 Å². The zero-order valence-electron chi connectivity index (χ0n) is 15.2. The smallest absolute Gasteiger partial charge is 0.172 e. The predicted molar refractivity (Wildman–Crippen MR) is 104 cm³/mol. The zero-order chi connectivity index (χ0) is 18.3. The molecule has 0 amide bonds. The fourth-order valence-electron chi connectivity index (χ4n) is 3.51. The van der Waals surface area contributed by atoms with Gasteiger partial charge < -0.3 is 5.32 Å². The Hall–Kier alpha value is -2.47. The number of nitrogens with zero attached hydrogens (tertiary/aromatic N) is 3. The highest BCUT2D eigenvalue weighted by Crippen LogP contribution is 2.41. The van der Waals surface area contributed by atoms with Crippen molar-refractivity contribution in [1.29, 1.82) is 0 Å². The van der Waals surface area contributed by atoms with Gasteiger partial charge in [0, 0.05) is 17.5 Å². The number of Topliss-reactive ketones (excluding diaryl/α,β-unsaturated/α-hetero) is 1. The van der Waals surface area contributed by atoms with Crippen LogP contribution in [0, 0.1) is 6.92 Å². The number of carbonyl (C=O) groups is 1. The fourth-order valence-corrected chi connectivity index (χ4v) is 4.34. The van der Waals surface area contributed by atoms with E-state index in [1.54, 1.807) is 17.5 Å². The first-order valence-electron chi connectivity index (χ1n) is 8.78. The van der Waals surface area contributed by atoms with E-state index in [0.717, 1.165) is 22.8 Å². The number of fused-ring (bicyclic) bond motifs is 1. The highest BCUT2D eigenvalue weighted by atomic mass is 32.1. The van der Waals surface area contributed by atoms with Crippen molar-refractivity contribution in [3.8, 4) is 0 Å². The first-order valence-corrected chi connectivity index (χ1v) is 9.60. The lowest BCUT2D eigenvalue weighted by Gasteiger charge is -2.37. The van der Waals surface area contributed by atoms with Gasteiger partial charge in [0.2, 0.25) is 0 Å². The largest absolute Gasteiger partial charge is 0.360 e. The molecule has 0 spiro atoms. The predicted octanol–water partition coefficient (Wildman–Crippen LogP) is 4.37. The van der Waals surface area contributed by atoms with Gasteiger partial charge in [-0.05, 0) is 32.8 Å². The lowest BCUT2D eigenvalue weighted by molar-refractivity contribution is 0.0993. The maximum absolute atomic E-state index is 12.9. The van der Waals surface area contributed by atoms with Crippen molar-refractivity contribution in [2.45, 2.75) is 45.2 Å². The monoisotopic (exact) mass is 366 g/mol. The Morgan fingerprint density at radius 2 is 2.08 bits per heavy atom. The Balaban J connectivity index is 1.66. The van der Waals surface area contributed by atoms with Crippen molar-refractivity contribution >= 4 is 22.9 Å². The molecule has 0 radical (unpaired) electrons. The Bertz CT molecular complexity index is 942. The number of rotatable bonds is 4. The van der Waals surface area contributed by atoms with E-state index in [-0.39, 0.29) is 17.4 Å². The highest BCUT2D eigenvalue weighted by molar-refractivity contribution is 7.11. The van der Waals surface area contributed by atoms with Crippen LogP contribution < -0.4 is 5.32 Å². The quantitative estimate of drug-likeness (QED) is 0.697. The Labute approximate surface area is 157 Å². The van der Waals surface area contributed by atoms with Gasteiger partial charge in [0.25, 0.3) is 0 Å². The molecule has 5 nitrogen and oxygen atoms in total. The minimum Gasteiger partial charge on any atom is -0.360 e. The van der Waals surface area contributed by atoms with Crippen molar-refractivity contribution in [3.05, 3.63) is 63.7 Å². The van der Waals surface area contributed by atoms with Crippen molar-refractivity contribution in [2.24, 2.45) is 0 Å². The van der Waals surface area contributed by atoms with E-state index in [2.05, 4.69) is 36.2 Å². The van der Waals surface area contributed by atoms with E-state index in [9.17, 15) is 4.79 Å². The first kappa shape index (κ1) is 17.0. The lowest BCUT2D eigenvalue weighted by Crippen LogP contribution is -2.38. The van der Waals surface area contributed by atoms with E-state index < -0.39 is 0 Å². The van der Waals surface area contributed by atoms with Gasteiger partial charge in [-0.1, -0.05) is 30.3 Å². The Morgan fingerprint density at radius 1 is 1.31 bits per heavy atom. The van der Waals surface area contributed by atoms with Crippen LogP contribution >= 0.6 is 11.3 Å². The number of aryl methyl sites for hydroxylation is 1. The third-order valence-corrected chi connectivity index (χ3v) is 5.83. The maximum Gasteiger partial charge on any atom is 0.172 e. The molecule has 2 aromatic heterocycles. The van der Waals surface area contributed by atoms with Crippen LogP contribution in [-0.4, -0.2) is 20.5 Å². The molecule has 1 aliphatic rings. The second-order valence-electron chi connectivity index (χ2n) is 7.43. The van der Waals surface area contributed by atoms with Crippen LogP contribution in [0.1, 0.15) is 52.1 Å². The number of thiazole rings is 1. The molecule has 0 saturated heterocycles. The molecule has 6 heteroatoms. The van der Waals surface area contributed by atoms with Gasteiger partial charge in [-0.25, -0.2) is 9.67 Å².